The monoisotopic (exact) mass is 459 g/mol. The van der Waals surface area contributed by atoms with E-state index in [1.165, 1.54) is 0 Å². The van der Waals surface area contributed by atoms with Gasteiger partial charge in [-0.2, -0.15) is 0 Å². The molecule has 174 valence electrons. The molecule has 2 aromatic rings. The summed E-state index contributed by atoms with van der Waals surface area (Å²) in [6.07, 6.45) is 1.47. The molecule has 2 aromatic carbocycles. The molecular weight excluding hydrogens is 426 g/mol. The van der Waals surface area contributed by atoms with E-state index in [0.29, 0.717) is 30.5 Å². The molecule has 0 bridgehead atoms. The zero-order valence-corrected chi connectivity index (χ0v) is 20.1. The number of hydrogen-bond donors (Lipinski definition) is 0. The molecule has 0 spiro atoms. The van der Waals surface area contributed by atoms with Crippen molar-refractivity contribution in [2.75, 3.05) is 19.7 Å². The molecule has 1 aliphatic heterocycles. The smallest absolute Gasteiger partial charge is 0.410 e. The summed E-state index contributed by atoms with van der Waals surface area (Å²) in [6.45, 7) is 9.10. The Balaban J connectivity index is 1.51. The molecule has 0 aromatic heterocycles. The summed E-state index contributed by atoms with van der Waals surface area (Å²) in [5.41, 5.74) is 1.96. The number of sulfone groups is 1. The first-order valence-corrected chi connectivity index (χ1v) is 12.7. The van der Waals surface area contributed by atoms with Gasteiger partial charge in [0.15, 0.2) is 9.84 Å². The summed E-state index contributed by atoms with van der Waals surface area (Å²) in [7, 11) is -3.26. The molecule has 1 saturated heterocycles. The number of carbonyl (C=O) groups is 1. The molecule has 1 amide bonds. The lowest BCUT2D eigenvalue weighted by molar-refractivity contribution is 0.0608. The van der Waals surface area contributed by atoms with Gasteiger partial charge in [0.1, 0.15) is 5.75 Å². The van der Waals surface area contributed by atoms with Crippen molar-refractivity contribution >= 4 is 15.9 Å². The van der Waals surface area contributed by atoms with Crippen LogP contribution in [0.3, 0.4) is 0 Å². The van der Waals surface area contributed by atoms with Crippen molar-refractivity contribution in [1.82, 2.24) is 4.90 Å². The van der Waals surface area contributed by atoms with E-state index in [1.807, 2.05) is 50.2 Å². The summed E-state index contributed by atoms with van der Waals surface area (Å²) in [6, 6.07) is 14.8. The quantitative estimate of drug-likeness (QED) is 0.571. The van der Waals surface area contributed by atoms with Crippen molar-refractivity contribution in [3.8, 4) is 16.9 Å². The molecule has 1 fully saturated rings. The molecule has 0 radical (unpaired) electrons. The fourth-order valence-corrected chi connectivity index (χ4v) is 4.69. The molecule has 1 aliphatic rings. The minimum atomic E-state index is -3.26. The zero-order valence-electron chi connectivity index (χ0n) is 19.3. The maximum absolute atomic E-state index is 12.3. The van der Waals surface area contributed by atoms with Gasteiger partial charge in [0.05, 0.1) is 22.9 Å². The number of rotatable bonds is 7. The average Bonchev–Trinajstić information content (AvgIpc) is 2.78. The van der Waals surface area contributed by atoms with Crippen LogP contribution in [0.1, 0.15) is 40.5 Å². The number of ether oxygens (including phenoxy) is 2. The van der Waals surface area contributed by atoms with E-state index in [0.717, 1.165) is 29.7 Å². The Labute approximate surface area is 191 Å². The third-order valence-electron chi connectivity index (χ3n) is 5.69. The highest BCUT2D eigenvalue weighted by molar-refractivity contribution is 7.92. The molecule has 0 aliphatic carbocycles. The van der Waals surface area contributed by atoms with Crippen LogP contribution in [0.2, 0.25) is 0 Å². The number of likely N-dealkylation sites (tertiary alicyclic amines) is 1. The van der Waals surface area contributed by atoms with Crippen LogP contribution in [0.5, 0.6) is 5.75 Å². The normalized spacial score (nSPS) is 15.2. The number of nitrogens with zero attached hydrogens (tertiary/aromatic N) is 1. The topological polar surface area (TPSA) is 72.9 Å². The van der Waals surface area contributed by atoms with Gasteiger partial charge in [0.25, 0.3) is 0 Å². The van der Waals surface area contributed by atoms with E-state index in [1.54, 1.807) is 30.9 Å². The van der Waals surface area contributed by atoms with Crippen molar-refractivity contribution < 1.29 is 22.7 Å². The van der Waals surface area contributed by atoms with Crippen LogP contribution in [-0.2, 0) is 14.6 Å². The van der Waals surface area contributed by atoms with Gasteiger partial charge in [0.2, 0.25) is 0 Å². The number of piperidine rings is 1. The highest BCUT2D eigenvalue weighted by Gasteiger charge is 2.24. The van der Waals surface area contributed by atoms with Crippen LogP contribution in [0.25, 0.3) is 11.1 Å². The Morgan fingerprint density at radius 2 is 1.47 bits per heavy atom. The molecule has 0 atom stereocenters. The Hall–Kier alpha value is -2.54. The molecule has 32 heavy (non-hydrogen) atoms. The molecule has 0 unspecified atom stereocenters. The number of benzene rings is 2. The first-order valence-electron chi connectivity index (χ1n) is 11.2. The fourth-order valence-electron chi connectivity index (χ4n) is 3.63. The highest BCUT2D eigenvalue weighted by Crippen LogP contribution is 2.26. The molecule has 0 saturated carbocycles. The van der Waals surface area contributed by atoms with Crippen LogP contribution in [0.4, 0.5) is 4.79 Å². The third kappa shape index (κ3) is 6.03. The number of hydrogen-bond acceptors (Lipinski definition) is 5. The van der Waals surface area contributed by atoms with Gasteiger partial charge in [-0.1, -0.05) is 24.3 Å². The second-order valence-corrected chi connectivity index (χ2v) is 11.3. The Bertz CT molecular complexity index is 990. The van der Waals surface area contributed by atoms with E-state index in [9.17, 15) is 13.2 Å². The Morgan fingerprint density at radius 3 is 1.97 bits per heavy atom. The third-order valence-corrected chi connectivity index (χ3v) is 7.86. The van der Waals surface area contributed by atoms with E-state index < -0.39 is 15.1 Å². The van der Waals surface area contributed by atoms with Crippen LogP contribution in [0.15, 0.2) is 53.4 Å². The van der Waals surface area contributed by atoms with Crippen LogP contribution in [-0.4, -0.2) is 50.5 Å². The van der Waals surface area contributed by atoms with E-state index in [4.69, 9.17) is 9.47 Å². The number of amides is 1. The summed E-state index contributed by atoms with van der Waals surface area (Å²) >= 11 is 0. The lowest BCUT2D eigenvalue weighted by Gasteiger charge is -2.31. The van der Waals surface area contributed by atoms with Crippen LogP contribution < -0.4 is 4.74 Å². The van der Waals surface area contributed by atoms with Crippen molar-refractivity contribution in [2.45, 2.75) is 56.8 Å². The maximum Gasteiger partial charge on any atom is 0.410 e. The van der Waals surface area contributed by atoms with E-state index in [2.05, 4.69) is 0 Å². The van der Waals surface area contributed by atoms with Crippen molar-refractivity contribution in [3.63, 3.8) is 0 Å². The maximum atomic E-state index is 12.3. The molecular formula is C25H33NO5S. The molecule has 3 rings (SSSR count). The van der Waals surface area contributed by atoms with Gasteiger partial charge in [-0.15, -0.1) is 0 Å². The molecule has 6 nitrogen and oxygen atoms in total. The molecule has 0 N–H and O–H groups in total. The summed E-state index contributed by atoms with van der Waals surface area (Å²) in [5.74, 6) is 1.21. The standard InChI is InChI=1S/C25H33NO5S/c1-18(2)31-25(27)26-15-13-20(14-16-26)17-30-23-9-5-21(6-10-23)22-7-11-24(12-8-22)32(28,29)19(3)4/h5-12,18-20H,13-17H2,1-4H3. The van der Waals surface area contributed by atoms with Crippen molar-refractivity contribution in [2.24, 2.45) is 5.92 Å². The zero-order chi connectivity index (χ0) is 23.3. The van der Waals surface area contributed by atoms with Crippen LogP contribution in [0, 0.1) is 5.92 Å². The second kappa shape index (κ2) is 10.4. The van der Waals surface area contributed by atoms with E-state index in [-0.39, 0.29) is 12.2 Å². The van der Waals surface area contributed by atoms with Crippen LogP contribution >= 0.6 is 0 Å². The summed E-state index contributed by atoms with van der Waals surface area (Å²) in [5, 5.41) is -0.439. The summed E-state index contributed by atoms with van der Waals surface area (Å²) in [4.78, 5) is 14.1. The minimum Gasteiger partial charge on any atom is -0.493 e. The number of carbonyl (C=O) groups excluding carboxylic acids is 1. The van der Waals surface area contributed by atoms with Gasteiger partial charge in [-0.25, -0.2) is 13.2 Å². The average molecular weight is 460 g/mol. The Kier molecular flexibility index (Phi) is 7.82. The predicted octanol–water partition coefficient (Wildman–Crippen LogP) is 5.17. The summed E-state index contributed by atoms with van der Waals surface area (Å²) < 4.78 is 35.8. The van der Waals surface area contributed by atoms with Gasteiger partial charge >= 0.3 is 6.09 Å². The first kappa shape index (κ1) is 24.1. The van der Waals surface area contributed by atoms with Gasteiger partial charge in [-0.3, -0.25) is 0 Å². The largest absolute Gasteiger partial charge is 0.493 e. The SMILES string of the molecule is CC(C)OC(=O)N1CCC(COc2ccc(-c3ccc(S(=O)(=O)C(C)C)cc3)cc2)CC1. The Morgan fingerprint density at radius 1 is 0.938 bits per heavy atom. The molecule has 7 heteroatoms. The van der Waals surface area contributed by atoms with Gasteiger partial charge < -0.3 is 14.4 Å². The van der Waals surface area contributed by atoms with Crippen molar-refractivity contribution in [3.05, 3.63) is 48.5 Å². The lowest BCUT2D eigenvalue weighted by atomic mass is 9.98. The molecule has 1 heterocycles. The highest BCUT2D eigenvalue weighted by atomic mass is 32.2. The first-order chi connectivity index (χ1) is 15.2. The van der Waals surface area contributed by atoms with Crippen molar-refractivity contribution in [1.29, 1.82) is 0 Å². The second-order valence-electron chi connectivity index (χ2n) is 8.82. The van der Waals surface area contributed by atoms with Gasteiger partial charge in [0, 0.05) is 13.1 Å². The minimum absolute atomic E-state index is 0.0995. The fraction of sp³-hybridized carbons (Fsp3) is 0.480. The lowest BCUT2D eigenvalue weighted by Crippen LogP contribution is -2.40. The predicted molar refractivity (Wildman–Crippen MR) is 126 cm³/mol. The van der Waals surface area contributed by atoms with Gasteiger partial charge in [-0.05, 0) is 81.8 Å². The van der Waals surface area contributed by atoms with E-state index >= 15 is 0 Å².